The average Bonchev–Trinajstić information content (AvgIpc) is 2.45. The molecule has 0 atom stereocenters. The molecule has 0 radical (unpaired) electrons. The number of benzene rings is 1. The van der Waals surface area contributed by atoms with Crippen molar-refractivity contribution < 1.29 is 13.6 Å². The largest absolute Gasteiger partial charge is 0.354 e. The van der Waals surface area contributed by atoms with E-state index in [1.807, 2.05) is 38.1 Å². The van der Waals surface area contributed by atoms with E-state index in [1.165, 1.54) is 10.5 Å². The SMILES string of the molecule is CCCN(CC(=O)NCCSc1ccc(C)cc1)CC(F)F. The van der Waals surface area contributed by atoms with Gasteiger partial charge in [-0.2, -0.15) is 0 Å². The van der Waals surface area contributed by atoms with Gasteiger partial charge in [-0.15, -0.1) is 11.8 Å². The first-order chi connectivity index (χ1) is 10.5. The first-order valence-electron chi connectivity index (χ1n) is 7.48. The fourth-order valence-corrected chi connectivity index (χ4v) is 2.77. The van der Waals surface area contributed by atoms with Crippen molar-refractivity contribution in [3.8, 4) is 0 Å². The fourth-order valence-electron chi connectivity index (χ4n) is 2.00. The number of carbonyl (C=O) groups is 1. The number of halogens is 2. The van der Waals surface area contributed by atoms with Crippen molar-refractivity contribution in [2.75, 3.05) is 31.9 Å². The molecule has 22 heavy (non-hydrogen) atoms. The second-order valence-electron chi connectivity index (χ2n) is 5.14. The van der Waals surface area contributed by atoms with E-state index in [4.69, 9.17) is 0 Å². The molecule has 1 aromatic carbocycles. The summed E-state index contributed by atoms with van der Waals surface area (Å²) >= 11 is 1.66. The standard InChI is InChI=1S/C16H24F2N2OS/c1-3-9-20(11-15(17)18)12-16(21)19-8-10-22-14-6-4-13(2)5-7-14/h4-7,15H,3,8-12H2,1-2H3,(H,19,21). The summed E-state index contributed by atoms with van der Waals surface area (Å²) in [6.45, 7) is 4.68. The highest BCUT2D eigenvalue weighted by molar-refractivity contribution is 7.99. The molecule has 1 amide bonds. The van der Waals surface area contributed by atoms with Crippen LogP contribution >= 0.6 is 11.8 Å². The zero-order chi connectivity index (χ0) is 16.4. The third kappa shape index (κ3) is 8.34. The molecule has 6 heteroatoms. The number of carbonyl (C=O) groups excluding carboxylic acids is 1. The first-order valence-corrected chi connectivity index (χ1v) is 8.46. The van der Waals surface area contributed by atoms with Crippen LogP contribution in [0.25, 0.3) is 0 Å². The predicted octanol–water partition coefficient (Wildman–Crippen LogP) is 3.18. The summed E-state index contributed by atoms with van der Waals surface area (Å²) in [5, 5.41) is 2.78. The van der Waals surface area contributed by atoms with Crippen LogP contribution in [-0.2, 0) is 4.79 Å². The van der Waals surface area contributed by atoms with Gasteiger partial charge < -0.3 is 5.32 Å². The lowest BCUT2D eigenvalue weighted by atomic mass is 10.2. The van der Waals surface area contributed by atoms with E-state index < -0.39 is 6.43 Å². The molecule has 1 N–H and O–H groups in total. The van der Waals surface area contributed by atoms with E-state index in [-0.39, 0.29) is 19.0 Å². The van der Waals surface area contributed by atoms with Gasteiger partial charge in [0.15, 0.2) is 0 Å². The summed E-state index contributed by atoms with van der Waals surface area (Å²) in [4.78, 5) is 14.4. The van der Waals surface area contributed by atoms with Crippen molar-refractivity contribution in [2.45, 2.75) is 31.6 Å². The Labute approximate surface area is 135 Å². The Bertz CT molecular complexity index is 440. The Morgan fingerprint density at radius 1 is 1.32 bits per heavy atom. The van der Waals surface area contributed by atoms with Gasteiger partial charge in [0.1, 0.15) is 0 Å². The minimum atomic E-state index is -2.41. The highest BCUT2D eigenvalue weighted by atomic mass is 32.2. The molecule has 0 saturated carbocycles. The van der Waals surface area contributed by atoms with Crippen LogP contribution in [0.4, 0.5) is 8.78 Å². The van der Waals surface area contributed by atoms with Crippen molar-refractivity contribution in [1.82, 2.24) is 10.2 Å². The van der Waals surface area contributed by atoms with E-state index in [2.05, 4.69) is 5.32 Å². The number of nitrogens with zero attached hydrogens (tertiary/aromatic N) is 1. The minimum absolute atomic E-state index is 0.0351. The van der Waals surface area contributed by atoms with Gasteiger partial charge in [-0.05, 0) is 32.0 Å². The first kappa shape index (κ1) is 18.9. The molecule has 1 rings (SSSR count). The maximum atomic E-state index is 12.4. The molecular formula is C16H24F2N2OS. The van der Waals surface area contributed by atoms with Crippen LogP contribution in [0, 0.1) is 6.92 Å². The van der Waals surface area contributed by atoms with Crippen LogP contribution in [0.15, 0.2) is 29.2 Å². The lowest BCUT2D eigenvalue weighted by Gasteiger charge is -2.20. The lowest BCUT2D eigenvalue weighted by molar-refractivity contribution is -0.122. The summed E-state index contributed by atoms with van der Waals surface area (Å²) in [5.41, 5.74) is 1.22. The summed E-state index contributed by atoms with van der Waals surface area (Å²) in [5.74, 6) is 0.566. The third-order valence-electron chi connectivity index (χ3n) is 3.02. The molecule has 0 aromatic heterocycles. The highest BCUT2D eigenvalue weighted by Gasteiger charge is 2.14. The van der Waals surface area contributed by atoms with Gasteiger partial charge in [0, 0.05) is 17.2 Å². The number of hydrogen-bond donors (Lipinski definition) is 1. The van der Waals surface area contributed by atoms with Crippen LogP contribution < -0.4 is 5.32 Å². The van der Waals surface area contributed by atoms with Gasteiger partial charge in [0.2, 0.25) is 5.91 Å². The summed E-state index contributed by atoms with van der Waals surface area (Å²) in [7, 11) is 0. The van der Waals surface area contributed by atoms with E-state index in [0.717, 1.165) is 17.1 Å². The average molecular weight is 330 g/mol. The van der Waals surface area contributed by atoms with Crippen LogP contribution in [0.2, 0.25) is 0 Å². The Morgan fingerprint density at radius 3 is 2.59 bits per heavy atom. The second kappa shape index (κ2) is 10.6. The third-order valence-corrected chi connectivity index (χ3v) is 4.03. The fraction of sp³-hybridized carbons (Fsp3) is 0.562. The summed E-state index contributed by atoms with van der Waals surface area (Å²) < 4.78 is 24.8. The molecule has 0 fully saturated rings. The van der Waals surface area contributed by atoms with Crippen LogP contribution in [-0.4, -0.2) is 49.2 Å². The van der Waals surface area contributed by atoms with Crippen LogP contribution in [0.3, 0.4) is 0 Å². The highest BCUT2D eigenvalue weighted by Crippen LogP contribution is 2.17. The number of aryl methyl sites for hydroxylation is 1. The maximum absolute atomic E-state index is 12.4. The number of nitrogens with one attached hydrogen (secondary N) is 1. The second-order valence-corrected chi connectivity index (χ2v) is 6.31. The molecule has 0 aliphatic rings. The Kier molecular flexibility index (Phi) is 9.08. The molecule has 0 bridgehead atoms. The lowest BCUT2D eigenvalue weighted by Crippen LogP contribution is -2.40. The molecule has 3 nitrogen and oxygen atoms in total. The Morgan fingerprint density at radius 2 is 2.00 bits per heavy atom. The Hall–Kier alpha value is -1.14. The van der Waals surface area contributed by atoms with Crippen LogP contribution in [0.1, 0.15) is 18.9 Å². The van der Waals surface area contributed by atoms with E-state index in [1.54, 1.807) is 11.8 Å². The molecule has 0 spiro atoms. The van der Waals surface area contributed by atoms with Crippen molar-refractivity contribution in [3.63, 3.8) is 0 Å². The Balaban J connectivity index is 2.22. The van der Waals surface area contributed by atoms with Crippen molar-refractivity contribution >= 4 is 17.7 Å². The predicted molar refractivity (Wildman–Crippen MR) is 87.6 cm³/mol. The quantitative estimate of drug-likeness (QED) is 0.528. The zero-order valence-electron chi connectivity index (χ0n) is 13.1. The van der Waals surface area contributed by atoms with Gasteiger partial charge in [-0.25, -0.2) is 8.78 Å². The molecule has 0 heterocycles. The van der Waals surface area contributed by atoms with Crippen molar-refractivity contribution in [1.29, 1.82) is 0 Å². The topological polar surface area (TPSA) is 32.3 Å². The van der Waals surface area contributed by atoms with Gasteiger partial charge in [-0.3, -0.25) is 9.69 Å². The monoisotopic (exact) mass is 330 g/mol. The van der Waals surface area contributed by atoms with Gasteiger partial charge in [-0.1, -0.05) is 24.6 Å². The maximum Gasteiger partial charge on any atom is 0.251 e. The number of thioether (sulfide) groups is 1. The summed E-state index contributed by atoms with van der Waals surface area (Å²) in [6.07, 6.45) is -1.65. The normalized spacial score (nSPS) is 11.2. The van der Waals surface area contributed by atoms with E-state index >= 15 is 0 Å². The van der Waals surface area contributed by atoms with Crippen LogP contribution in [0.5, 0.6) is 0 Å². The molecule has 0 saturated heterocycles. The summed E-state index contributed by atoms with van der Waals surface area (Å²) in [6, 6.07) is 8.20. The molecule has 0 aliphatic heterocycles. The molecular weight excluding hydrogens is 306 g/mol. The van der Waals surface area contributed by atoms with Crippen molar-refractivity contribution in [2.24, 2.45) is 0 Å². The molecule has 124 valence electrons. The minimum Gasteiger partial charge on any atom is -0.354 e. The number of amides is 1. The van der Waals surface area contributed by atoms with Gasteiger partial charge in [0.05, 0.1) is 13.1 Å². The molecule has 0 unspecified atom stereocenters. The molecule has 1 aromatic rings. The van der Waals surface area contributed by atoms with Gasteiger partial charge in [0.25, 0.3) is 6.43 Å². The molecule has 0 aliphatic carbocycles. The number of alkyl halides is 2. The smallest absolute Gasteiger partial charge is 0.251 e. The van der Waals surface area contributed by atoms with Crippen molar-refractivity contribution in [3.05, 3.63) is 29.8 Å². The number of hydrogen-bond acceptors (Lipinski definition) is 3. The zero-order valence-corrected chi connectivity index (χ0v) is 14.0. The van der Waals surface area contributed by atoms with E-state index in [0.29, 0.717) is 13.1 Å². The van der Waals surface area contributed by atoms with Gasteiger partial charge >= 0.3 is 0 Å². The van der Waals surface area contributed by atoms with E-state index in [9.17, 15) is 13.6 Å². The number of rotatable bonds is 10.